The first kappa shape index (κ1) is 33.4. The van der Waals surface area contributed by atoms with Gasteiger partial charge in [-0.05, 0) is 91.4 Å². The minimum atomic E-state index is -1.90. The molecule has 4 aliphatic rings. The zero-order chi connectivity index (χ0) is 35.0. The molecule has 2 heterocycles. The smallest absolute Gasteiger partial charge is 0.254 e. The van der Waals surface area contributed by atoms with Gasteiger partial charge in [0.05, 0.1) is 34.4 Å². The van der Waals surface area contributed by atoms with Crippen LogP contribution in [-0.4, -0.2) is 62.9 Å². The SMILES string of the molecule is Cc1cc(C2C3=CCC4C(=O)N(c5ccc(N=Nc6ccc(N(C)C)cc6)cc5)C(=O)C4C3CC3(Cl)C(=O)N(CBr)C(=O)C23Cl)ccc1O. The van der Waals surface area contributed by atoms with E-state index >= 15 is 0 Å². The van der Waals surface area contributed by atoms with Crippen LogP contribution in [0.2, 0.25) is 0 Å². The third-order valence-corrected chi connectivity index (χ3v) is 12.2. The van der Waals surface area contributed by atoms with Gasteiger partial charge in [0, 0.05) is 25.7 Å². The van der Waals surface area contributed by atoms with Crippen molar-refractivity contribution in [3.8, 4) is 5.75 Å². The molecule has 4 amide bonds. The summed E-state index contributed by atoms with van der Waals surface area (Å²) in [6, 6.07) is 19.2. The van der Waals surface area contributed by atoms with Gasteiger partial charge in [-0.15, -0.1) is 23.2 Å². The first-order valence-corrected chi connectivity index (χ1v) is 17.7. The number of carbonyl (C=O) groups excluding carboxylic acids is 4. The molecule has 49 heavy (non-hydrogen) atoms. The molecule has 3 aromatic rings. The van der Waals surface area contributed by atoms with Gasteiger partial charge in [0.15, 0.2) is 9.75 Å². The first-order chi connectivity index (χ1) is 23.3. The number of anilines is 2. The Morgan fingerprint density at radius 2 is 1.53 bits per heavy atom. The van der Waals surface area contributed by atoms with Gasteiger partial charge in [0.25, 0.3) is 11.8 Å². The van der Waals surface area contributed by atoms with Crippen LogP contribution in [0.3, 0.4) is 0 Å². The fourth-order valence-electron chi connectivity index (χ4n) is 7.84. The lowest BCUT2D eigenvalue weighted by atomic mass is 9.56. The fraction of sp³-hybridized carbons (Fsp3) is 0.333. The maximum absolute atomic E-state index is 14.3. The standard InChI is InChI=1S/C36H32BrCl2N5O5/c1-19-16-20(4-15-28(19)45)30-25-13-14-26-29(27(25)17-35(38)33(48)43(18-37)34(49)36(30,35)39)32(47)44(31(26)46)24-11-7-22(8-12-24)41-40-21-5-9-23(10-6-21)42(2)3/h4-13,15-16,26-27,29-30,45H,14,17-18H2,1-3H3. The second-order valence-corrected chi connectivity index (χ2v) is 14.9. The number of carbonyl (C=O) groups is 4. The summed E-state index contributed by atoms with van der Waals surface area (Å²) in [5.74, 6) is -5.04. The zero-order valence-electron chi connectivity index (χ0n) is 26.8. The molecule has 0 radical (unpaired) electrons. The maximum Gasteiger partial charge on any atom is 0.254 e. The van der Waals surface area contributed by atoms with Crippen LogP contribution in [0.4, 0.5) is 22.7 Å². The molecule has 7 rings (SSSR count). The van der Waals surface area contributed by atoms with E-state index in [1.807, 2.05) is 49.3 Å². The lowest BCUT2D eigenvalue weighted by Gasteiger charge is -2.50. The molecule has 0 aromatic heterocycles. The molecule has 1 saturated carbocycles. The van der Waals surface area contributed by atoms with Crippen molar-refractivity contribution in [1.29, 1.82) is 0 Å². The number of phenolic OH excluding ortho intramolecular Hbond substituents is 1. The largest absolute Gasteiger partial charge is 0.508 e. The number of amides is 4. The van der Waals surface area contributed by atoms with Crippen LogP contribution in [0.15, 0.2) is 88.6 Å². The van der Waals surface area contributed by atoms with Crippen LogP contribution in [0.5, 0.6) is 5.75 Å². The van der Waals surface area contributed by atoms with Gasteiger partial charge >= 0.3 is 0 Å². The van der Waals surface area contributed by atoms with E-state index in [0.29, 0.717) is 33.8 Å². The molecular formula is C36H32BrCl2N5O5. The number of halogens is 3. The number of azo groups is 1. The highest BCUT2D eigenvalue weighted by molar-refractivity contribution is 9.09. The first-order valence-electron chi connectivity index (χ1n) is 15.8. The number of aromatic hydroxyl groups is 1. The summed E-state index contributed by atoms with van der Waals surface area (Å²) < 4.78 is 0. The molecule has 1 N–H and O–H groups in total. The molecule has 2 saturated heterocycles. The van der Waals surface area contributed by atoms with Crippen molar-refractivity contribution in [3.05, 3.63) is 89.5 Å². The quantitative estimate of drug-likeness (QED) is 0.0940. The molecule has 6 atom stereocenters. The Morgan fingerprint density at radius 3 is 2.12 bits per heavy atom. The summed E-state index contributed by atoms with van der Waals surface area (Å²) in [4.78, 5) is 56.4. The van der Waals surface area contributed by atoms with Crippen LogP contribution in [0.25, 0.3) is 0 Å². The van der Waals surface area contributed by atoms with Gasteiger partial charge in [-0.25, -0.2) is 0 Å². The number of likely N-dealkylation sites (tertiary alicyclic amines) is 1. The summed E-state index contributed by atoms with van der Waals surface area (Å²) in [5.41, 5.74) is 4.37. The van der Waals surface area contributed by atoms with Crippen LogP contribution in [-0.2, 0) is 19.2 Å². The molecule has 2 aliphatic heterocycles. The van der Waals surface area contributed by atoms with E-state index in [9.17, 15) is 24.3 Å². The van der Waals surface area contributed by atoms with E-state index in [2.05, 4.69) is 26.2 Å². The second-order valence-electron chi connectivity index (χ2n) is 13.2. The minimum absolute atomic E-state index is 0.0591. The van der Waals surface area contributed by atoms with E-state index in [1.54, 1.807) is 43.3 Å². The predicted octanol–water partition coefficient (Wildman–Crippen LogP) is 7.10. The lowest BCUT2D eigenvalue weighted by molar-refractivity contribution is -0.138. The van der Waals surface area contributed by atoms with Gasteiger partial charge in [-0.3, -0.25) is 29.0 Å². The van der Waals surface area contributed by atoms with E-state index < -0.39 is 51.1 Å². The van der Waals surface area contributed by atoms with E-state index in [-0.39, 0.29) is 30.0 Å². The van der Waals surface area contributed by atoms with Gasteiger partial charge in [-0.2, -0.15) is 10.2 Å². The van der Waals surface area contributed by atoms with Crippen LogP contribution < -0.4 is 9.80 Å². The number of rotatable bonds is 6. The second kappa shape index (κ2) is 12.1. The average molecular weight is 765 g/mol. The molecule has 13 heteroatoms. The average Bonchev–Trinajstić information content (AvgIpc) is 3.42. The number of allylic oxidation sites excluding steroid dienone is 2. The summed E-state index contributed by atoms with van der Waals surface area (Å²) in [5, 5.41) is 18.9. The van der Waals surface area contributed by atoms with E-state index in [4.69, 9.17) is 23.2 Å². The number of imide groups is 2. The van der Waals surface area contributed by atoms with Gasteiger partial charge < -0.3 is 10.0 Å². The summed E-state index contributed by atoms with van der Waals surface area (Å²) in [6.45, 7) is 1.72. The van der Waals surface area contributed by atoms with Crippen molar-refractivity contribution >= 4 is 85.5 Å². The predicted molar refractivity (Wildman–Crippen MR) is 190 cm³/mol. The highest BCUT2D eigenvalue weighted by Crippen LogP contribution is 2.65. The van der Waals surface area contributed by atoms with Crippen molar-refractivity contribution in [2.45, 2.75) is 35.4 Å². The van der Waals surface area contributed by atoms with Crippen LogP contribution >= 0.6 is 39.1 Å². The number of hydrogen-bond acceptors (Lipinski definition) is 8. The number of aryl methyl sites for hydroxylation is 1. The Balaban J connectivity index is 1.22. The fourth-order valence-corrected chi connectivity index (χ4v) is 9.27. The summed E-state index contributed by atoms with van der Waals surface area (Å²) >= 11 is 17.8. The molecule has 0 bridgehead atoms. The molecule has 252 valence electrons. The number of nitrogens with zero attached hydrogens (tertiary/aromatic N) is 5. The monoisotopic (exact) mass is 763 g/mol. The highest BCUT2D eigenvalue weighted by Gasteiger charge is 2.76. The molecule has 6 unspecified atom stereocenters. The molecule has 0 spiro atoms. The molecule has 10 nitrogen and oxygen atoms in total. The Bertz CT molecular complexity index is 1970. The van der Waals surface area contributed by atoms with Crippen molar-refractivity contribution in [3.63, 3.8) is 0 Å². The molecule has 2 aliphatic carbocycles. The zero-order valence-corrected chi connectivity index (χ0v) is 29.9. The summed E-state index contributed by atoms with van der Waals surface area (Å²) in [6.07, 6.45) is 2.03. The van der Waals surface area contributed by atoms with E-state index in [0.717, 1.165) is 10.6 Å². The van der Waals surface area contributed by atoms with Gasteiger partial charge in [0.1, 0.15) is 5.75 Å². The normalized spacial score (nSPS) is 29.3. The van der Waals surface area contributed by atoms with Gasteiger partial charge in [0.2, 0.25) is 11.8 Å². The van der Waals surface area contributed by atoms with Crippen molar-refractivity contribution in [2.24, 2.45) is 28.0 Å². The Morgan fingerprint density at radius 1 is 0.898 bits per heavy atom. The Kier molecular flexibility index (Phi) is 8.23. The van der Waals surface area contributed by atoms with Crippen molar-refractivity contribution in [2.75, 3.05) is 29.3 Å². The number of benzene rings is 3. The van der Waals surface area contributed by atoms with Crippen LogP contribution in [0.1, 0.15) is 29.9 Å². The molecular weight excluding hydrogens is 733 g/mol. The highest BCUT2D eigenvalue weighted by atomic mass is 79.9. The third-order valence-electron chi connectivity index (χ3n) is 10.3. The van der Waals surface area contributed by atoms with Crippen LogP contribution in [0, 0.1) is 24.7 Å². The third kappa shape index (κ3) is 4.95. The van der Waals surface area contributed by atoms with E-state index in [1.165, 1.54) is 11.0 Å². The molecule has 3 aromatic carbocycles. The molecule has 3 fully saturated rings. The Labute approximate surface area is 301 Å². The van der Waals surface area contributed by atoms with Crippen molar-refractivity contribution < 1.29 is 24.3 Å². The lowest BCUT2D eigenvalue weighted by Crippen LogP contribution is -2.60. The number of hydrogen-bond donors (Lipinski definition) is 1. The van der Waals surface area contributed by atoms with Gasteiger partial charge in [-0.1, -0.05) is 39.7 Å². The van der Waals surface area contributed by atoms with Crippen molar-refractivity contribution in [1.82, 2.24) is 4.90 Å². The summed E-state index contributed by atoms with van der Waals surface area (Å²) in [7, 11) is 3.91. The Hall–Kier alpha value is -4.06. The maximum atomic E-state index is 14.3. The minimum Gasteiger partial charge on any atom is -0.508 e. The number of fused-ring (bicyclic) bond motifs is 4. The number of alkyl halides is 3. The topological polar surface area (TPSA) is 123 Å². The number of phenols is 1.